The van der Waals surface area contributed by atoms with Crippen LogP contribution in [-0.2, 0) is 18.8 Å². The molecule has 0 atom stereocenters. The van der Waals surface area contributed by atoms with Gasteiger partial charge < -0.3 is 4.52 Å². The molecule has 1 aromatic carbocycles. The van der Waals surface area contributed by atoms with E-state index in [2.05, 4.69) is 24.6 Å². The standard InChI is InChI=1S/C16H10F6N4OS/c1-2-8-7-23-11(12-25-14(27-26-12)16(20,21)22)24-13(8)28-10-5-3-4-9(6-10)15(17,18)19/h3-7H,2H2,1H3. The predicted molar refractivity (Wildman–Crippen MR) is 85.3 cm³/mol. The average Bonchev–Trinajstić information content (AvgIpc) is 3.12. The van der Waals surface area contributed by atoms with Crippen LogP contribution in [-0.4, -0.2) is 20.1 Å². The molecule has 5 nitrogen and oxygen atoms in total. The number of hydrogen-bond acceptors (Lipinski definition) is 6. The van der Waals surface area contributed by atoms with Crippen LogP contribution in [0.15, 0.2) is 44.9 Å². The molecule has 3 rings (SSSR count). The van der Waals surface area contributed by atoms with Gasteiger partial charge in [0, 0.05) is 16.7 Å². The summed E-state index contributed by atoms with van der Waals surface area (Å²) in [6.45, 7) is 1.78. The summed E-state index contributed by atoms with van der Waals surface area (Å²) in [6.07, 6.45) is -7.49. The summed E-state index contributed by atoms with van der Waals surface area (Å²) in [5, 5.41) is 3.50. The molecule has 0 bridgehead atoms. The molecular weight excluding hydrogens is 410 g/mol. The predicted octanol–water partition coefficient (Wildman–Crippen LogP) is 5.28. The van der Waals surface area contributed by atoms with Crippen LogP contribution in [0.2, 0.25) is 0 Å². The number of benzene rings is 1. The minimum atomic E-state index is -4.82. The number of aryl methyl sites for hydroxylation is 1. The Labute approximate surface area is 158 Å². The Bertz CT molecular complexity index is 986. The molecule has 28 heavy (non-hydrogen) atoms. The first-order valence-corrected chi connectivity index (χ1v) is 8.52. The molecule has 0 aliphatic heterocycles. The third-order valence-corrected chi connectivity index (χ3v) is 4.49. The van der Waals surface area contributed by atoms with E-state index in [0.29, 0.717) is 12.0 Å². The highest BCUT2D eigenvalue weighted by Gasteiger charge is 2.39. The molecule has 3 aromatic rings. The van der Waals surface area contributed by atoms with Crippen molar-refractivity contribution in [1.82, 2.24) is 20.1 Å². The lowest BCUT2D eigenvalue weighted by atomic mass is 10.2. The van der Waals surface area contributed by atoms with Crippen LogP contribution in [0, 0.1) is 0 Å². The lowest BCUT2D eigenvalue weighted by molar-refractivity contribution is -0.159. The fraction of sp³-hybridized carbons (Fsp3) is 0.250. The lowest BCUT2D eigenvalue weighted by Crippen LogP contribution is -2.05. The second-order valence-corrected chi connectivity index (χ2v) is 6.49. The van der Waals surface area contributed by atoms with E-state index in [-0.39, 0.29) is 15.7 Å². The van der Waals surface area contributed by atoms with E-state index in [1.54, 1.807) is 6.92 Å². The summed E-state index contributed by atoms with van der Waals surface area (Å²) < 4.78 is 80.6. The summed E-state index contributed by atoms with van der Waals surface area (Å²) >= 11 is 0.931. The molecule has 0 N–H and O–H groups in total. The van der Waals surface area contributed by atoms with Crippen molar-refractivity contribution in [2.45, 2.75) is 35.6 Å². The van der Waals surface area contributed by atoms with E-state index in [1.165, 1.54) is 18.3 Å². The van der Waals surface area contributed by atoms with Crippen molar-refractivity contribution in [2.75, 3.05) is 0 Å². The second-order valence-electron chi connectivity index (χ2n) is 5.43. The number of nitrogens with zero attached hydrogens (tertiary/aromatic N) is 4. The van der Waals surface area contributed by atoms with Crippen molar-refractivity contribution in [2.24, 2.45) is 0 Å². The van der Waals surface area contributed by atoms with Crippen molar-refractivity contribution >= 4 is 11.8 Å². The van der Waals surface area contributed by atoms with E-state index in [9.17, 15) is 26.3 Å². The van der Waals surface area contributed by atoms with Crippen LogP contribution < -0.4 is 0 Å². The Balaban J connectivity index is 1.95. The van der Waals surface area contributed by atoms with Gasteiger partial charge in [-0.25, -0.2) is 9.97 Å². The molecule has 12 heteroatoms. The Hall–Kier alpha value is -2.63. The minimum absolute atomic E-state index is 0.231. The van der Waals surface area contributed by atoms with Gasteiger partial charge in [-0.15, -0.1) is 0 Å². The summed E-state index contributed by atoms with van der Waals surface area (Å²) in [5.41, 5.74) is -0.219. The largest absolute Gasteiger partial charge is 0.471 e. The first-order valence-electron chi connectivity index (χ1n) is 7.70. The summed E-state index contributed by atoms with van der Waals surface area (Å²) in [5.74, 6) is -2.25. The number of hydrogen-bond donors (Lipinski definition) is 0. The molecule has 2 heterocycles. The maximum absolute atomic E-state index is 12.9. The van der Waals surface area contributed by atoms with Gasteiger partial charge in [-0.2, -0.15) is 31.3 Å². The minimum Gasteiger partial charge on any atom is -0.329 e. The van der Waals surface area contributed by atoms with E-state index in [0.717, 1.165) is 23.9 Å². The Morgan fingerprint density at radius 3 is 2.36 bits per heavy atom. The van der Waals surface area contributed by atoms with Crippen LogP contribution >= 0.6 is 11.8 Å². The topological polar surface area (TPSA) is 64.7 Å². The first-order chi connectivity index (χ1) is 13.1. The molecule has 0 saturated carbocycles. The second kappa shape index (κ2) is 7.41. The van der Waals surface area contributed by atoms with Crippen molar-refractivity contribution in [3.05, 3.63) is 47.5 Å². The van der Waals surface area contributed by atoms with Gasteiger partial charge in [-0.3, -0.25) is 0 Å². The Morgan fingerprint density at radius 2 is 1.75 bits per heavy atom. The summed E-state index contributed by atoms with van der Waals surface area (Å²) in [7, 11) is 0. The van der Waals surface area contributed by atoms with Crippen LogP contribution in [0.25, 0.3) is 11.6 Å². The fourth-order valence-electron chi connectivity index (χ4n) is 2.11. The fourth-order valence-corrected chi connectivity index (χ4v) is 3.12. The average molecular weight is 420 g/mol. The normalized spacial score (nSPS) is 12.4. The van der Waals surface area contributed by atoms with Gasteiger partial charge in [0.05, 0.1) is 5.56 Å². The monoisotopic (exact) mass is 420 g/mol. The zero-order chi connectivity index (χ0) is 20.5. The van der Waals surface area contributed by atoms with Crippen molar-refractivity contribution < 1.29 is 30.9 Å². The lowest BCUT2D eigenvalue weighted by Gasteiger charge is -2.10. The molecule has 0 spiro atoms. The molecule has 2 aromatic heterocycles. The van der Waals surface area contributed by atoms with Gasteiger partial charge in [0.1, 0.15) is 5.03 Å². The van der Waals surface area contributed by atoms with Gasteiger partial charge >= 0.3 is 18.2 Å². The molecule has 0 aliphatic rings. The highest BCUT2D eigenvalue weighted by atomic mass is 32.2. The van der Waals surface area contributed by atoms with Crippen LogP contribution in [0.5, 0.6) is 0 Å². The maximum Gasteiger partial charge on any atom is 0.471 e. The van der Waals surface area contributed by atoms with Gasteiger partial charge in [-0.05, 0) is 24.6 Å². The zero-order valence-electron chi connectivity index (χ0n) is 14.0. The molecule has 0 amide bonds. The van der Waals surface area contributed by atoms with E-state index in [4.69, 9.17) is 0 Å². The highest BCUT2D eigenvalue weighted by Crippen LogP contribution is 2.35. The Morgan fingerprint density at radius 1 is 1.00 bits per heavy atom. The summed E-state index contributed by atoms with van der Waals surface area (Å²) in [4.78, 5) is 11.5. The number of alkyl halides is 6. The van der Waals surface area contributed by atoms with Gasteiger partial charge in [0.15, 0.2) is 0 Å². The molecule has 0 radical (unpaired) electrons. The highest BCUT2D eigenvalue weighted by molar-refractivity contribution is 7.99. The van der Waals surface area contributed by atoms with Crippen LogP contribution in [0.3, 0.4) is 0 Å². The molecule has 0 aliphatic carbocycles. The van der Waals surface area contributed by atoms with Gasteiger partial charge in [0.2, 0.25) is 11.6 Å². The third-order valence-electron chi connectivity index (χ3n) is 3.45. The van der Waals surface area contributed by atoms with Crippen molar-refractivity contribution in [3.8, 4) is 11.6 Å². The van der Waals surface area contributed by atoms with Crippen LogP contribution in [0.4, 0.5) is 26.3 Å². The van der Waals surface area contributed by atoms with Crippen molar-refractivity contribution in [1.29, 1.82) is 0 Å². The maximum atomic E-state index is 12.9. The molecule has 0 unspecified atom stereocenters. The van der Waals surface area contributed by atoms with Gasteiger partial charge in [0.25, 0.3) is 0 Å². The van der Waals surface area contributed by atoms with Crippen molar-refractivity contribution in [3.63, 3.8) is 0 Å². The van der Waals surface area contributed by atoms with Gasteiger partial charge in [-0.1, -0.05) is 29.9 Å². The number of aromatic nitrogens is 4. The molecule has 148 valence electrons. The Kier molecular flexibility index (Phi) is 5.33. The molecule has 0 saturated heterocycles. The zero-order valence-corrected chi connectivity index (χ0v) is 14.8. The van der Waals surface area contributed by atoms with E-state index in [1.807, 2.05) is 0 Å². The molecular formula is C16H10F6N4OS. The quantitative estimate of drug-likeness (QED) is 0.423. The van der Waals surface area contributed by atoms with Crippen LogP contribution in [0.1, 0.15) is 23.9 Å². The van der Waals surface area contributed by atoms with E-state index >= 15 is 0 Å². The number of rotatable bonds is 4. The third kappa shape index (κ3) is 4.43. The SMILES string of the molecule is CCc1cnc(-c2noc(C(F)(F)F)n2)nc1Sc1cccc(C(F)(F)F)c1. The number of halogens is 6. The first kappa shape index (κ1) is 20.1. The molecule has 0 fully saturated rings. The smallest absolute Gasteiger partial charge is 0.329 e. The van der Waals surface area contributed by atoms with E-state index < -0.39 is 29.6 Å². The summed E-state index contributed by atoms with van der Waals surface area (Å²) in [6, 6.07) is 4.63.